The summed E-state index contributed by atoms with van der Waals surface area (Å²) in [7, 11) is 1.93. The van der Waals surface area contributed by atoms with Crippen LogP contribution in [0.25, 0.3) is 11.4 Å². The monoisotopic (exact) mass is 230 g/mol. The van der Waals surface area contributed by atoms with Gasteiger partial charge in [0.05, 0.1) is 0 Å². The van der Waals surface area contributed by atoms with Gasteiger partial charge in [0, 0.05) is 18.5 Å². The normalized spacial score (nSPS) is 10.8. The molecule has 0 spiro atoms. The van der Waals surface area contributed by atoms with E-state index in [1.165, 1.54) is 11.1 Å². The number of H-pyrrole nitrogens is 1. The van der Waals surface area contributed by atoms with E-state index >= 15 is 0 Å². The molecule has 1 heterocycles. The second kappa shape index (κ2) is 5.10. The Morgan fingerprint density at radius 3 is 2.76 bits per heavy atom. The molecule has 0 radical (unpaired) electrons. The van der Waals surface area contributed by atoms with E-state index in [4.69, 9.17) is 0 Å². The van der Waals surface area contributed by atoms with E-state index in [1.807, 2.05) is 7.05 Å². The van der Waals surface area contributed by atoms with Gasteiger partial charge in [-0.3, -0.25) is 5.10 Å². The lowest BCUT2D eigenvalue weighted by atomic mass is 10.1. The van der Waals surface area contributed by atoms with E-state index in [-0.39, 0.29) is 0 Å². The molecule has 0 saturated carbocycles. The van der Waals surface area contributed by atoms with Crippen LogP contribution >= 0.6 is 0 Å². The molecule has 17 heavy (non-hydrogen) atoms. The van der Waals surface area contributed by atoms with Gasteiger partial charge >= 0.3 is 0 Å². The number of hydrogen-bond acceptors (Lipinski definition) is 3. The maximum atomic E-state index is 4.48. The molecule has 0 atom stereocenters. The van der Waals surface area contributed by atoms with Crippen LogP contribution in [0.15, 0.2) is 18.2 Å². The van der Waals surface area contributed by atoms with Crippen LogP contribution in [-0.4, -0.2) is 28.8 Å². The topological polar surface area (TPSA) is 53.6 Å². The zero-order chi connectivity index (χ0) is 12.3. The SMILES string of the molecule is CNCCc1nc(-c2ccc(C)c(C)c2)n[nH]1. The van der Waals surface area contributed by atoms with Crippen molar-refractivity contribution in [2.75, 3.05) is 13.6 Å². The average molecular weight is 230 g/mol. The average Bonchev–Trinajstić information content (AvgIpc) is 2.79. The summed E-state index contributed by atoms with van der Waals surface area (Å²) in [5.74, 6) is 1.70. The van der Waals surface area contributed by atoms with Gasteiger partial charge < -0.3 is 5.32 Å². The van der Waals surface area contributed by atoms with E-state index < -0.39 is 0 Å². The predicted molar refractivity (Wildman–Crippen MR) is 68.9 cm³/mol. The molecule has 2 aromatic rings. The molecule has 0 saturated heterocycles. The van der Waals surface area contributed by atoms with Gasteiger partial charge in [0.15, 0.2) is 5.82 Å². The minimum atomic E-state index is 0.777. The Morgan fingerprint density at radius 2 is 2.06 bits per heavy atom. The molecule has 0 amide bonds. The van der Waals surface area contributed by atoms with E-state index in [1.54, 1.807) is 0 Å². The molecule has 90 valence electrons. The summed E-state index contributed by atoms with van der Waals surface area (Å²) < 4.78 is 0. The number of rotatable bonds is 4. The van der Waals surface area contributed by atoms with Crippen LogP contribution < -0.4 is 5.32 Å². The highest BCUT2D eigenvalue weighted by Gasteiger charge is 2.06. The first-order valence-electron chi connectivity index (χ1n) is 5.84. The van der Waals surface area contributed by atoms with Crippen LogP contribution in [0, 0.1) is 13.8 Å². The molecule has 4 heteroatoms. The number of nitrogens with zero attached hydrogens (tertiary/aromatic N) is 2. The second-order valence-electron chi connectivity index (χ2n) is 4.26. The fourth-order valence-corrected chi connectivity index (χ4v) is 1.66. The number of aromatic amines is 1. The van der Waals surface area contributed by atoms with Crippen molar-refractivity contribution in [1.82, 2.24) is 20.5 Å². The molecule has 0 unspecified atom stereocenters. The van der Waals surface area contributed by atoms with E-state index in [0.717, 1.165) is 30.2 Å². The summed E-state index contributed by atoms with van der Waals surface area (Å²) >= 11 is 0. The molecule has 0 fully saturated rings. The molecule has 2 rings (SSSR count). The Labute approximate surface area is 101 Å². The highest BCUT2D eigenvalue weighted by molar-refractivity contribution is 5.56. The molecule has 4 nitrogen and oxygen atoms in total. The highest BCUT2D eigenvalue weighted by atomic mass is 15.2. The molecule has 1 aromatic carbocycles. The van der Waals surface area contributed by atoms with Crippen molar-refractivity contribution in [3.63, 3.8) is 0 Å². The summed E-state index contributed by atoms with van der Waals surface area (Å²) in [6.45, 7) is 5.12. The van der Waals surface area contributed by atoms with Gasteiger partial charge in [-0.2, -0.15) is 5.10 Å². The number of aromatic nitrogens is 3. The number of benzene rings is 1. The second-order valence-corrected chi connectivity index (χ2v) is 4.26. The van der Waals surface area contributed by atoms with E-state index in [9.17, 15) is 0 Å². The van der Waals surface area contributed by atoms with E-state index in [0.29, 0.717) is 0 Å². The Bertz CT molecular complexity index is 502. The van der Waals surface area contributed by atoms with Gasteiger partial charge in [0.2, 0.25) is 0 Å². The fourth-order valence-electron chi connectivity index (χ4n) is 1.66. The quantitative estimate of drug-likeness (QED) is 0.842. The third-order valence-corrected chi connectivity index (χ3v) is 2.91. The molecule has 0 aliphatic carbocycles. The summed E-state index contributed by atoms with van der Waals surface area (Å²) in [6, 6.07) is 6.29. The largest absolute Gasteiger partial charge is 0.319 e. The van der Waals surface area contributed by atoms with Crippen LogP contribution in [0.3, 0.4) is 0 Å². The van der Waals surface area contributed by atoms with Gasteiger partial charge in [-0.05, 0) is 38.1 Å². The first-order valence-corrected chi connectivity index (χ1v) is 5.84. The van der Waals surface area contributed by atoms with Crippen LogP contribution in [0.5, 0.6) is 0 Å². The molecular weight excluding hydrogens is 212 g/mol. The highest BCUT2D eigenvalue weighted by Crippen LogP contribution is 2.18. The first kappa shape index (κ1) is 11.8. The lowest BCUT2D eigenvalue weighted by Gasteiger charge is -2.01. The Kier molecular flexibility index (Phi) is 3.54. The zero-order valence-electron chi connectivity index (χ0n) is 10.5. The lowest BCUT2D eigenvalue weighted by molar-refractivity contribution is 0.758. The minimum Gasteiger partial charge on any atom is -0.319 e. The van der Waals surface area contributed by atoms with Crippen molar-refractivity contribution < 1.29 is 0 Å². The maximum absolute atomic E-state index is 4.48. The van der Waals surface area contributed by atoms with Crippen molar-refractivity contribution in [3.8, 4) is 11.4 Å². The molecule has 2 N–H and O–H groups in total. The Balaban J connectivity index is 2.21. The Morgan fingerprint density at radius 1 is 1.24 bits per heavy atom. The number of aryl methyl sites for hydroxylation is 2. The van der Waals surface area contributed by atoms with Gasteiger partial charge in [-0.1, -0.05) is 12.1 Å². The number of likely N-dealkylation sites (N-methyl/N-ethyl adjacent to an activating group) is 1. The van der Waals surface area contributed by atoms with E-state index in [2.05, 4.69) is 52.5 Å². The molecule has 0 aliphatic rings. The third kappa shape index (κ3) is 2.71. The van der Waals surface area contributed by atoms with Gasteiger partial charge in [-0.25, -0.2) is 4.98 Å². The molecule has 1 aromatic heterocycles. The lowest BCUT2D eigenvalue weighted by Crippen LogP contribution is -2.11. The predicted octanol–water partition coefficient (Wildman–Crippen LogP) is 1.85. The summed E-state index contributed by atoms with van der Waals surface area (Å²) in [5.41, 5.74) is 3.63. The summed E-state index contributed by atoms with van der Waals surface area (Å²) in [4.78, 5) is 4.48. The fraction of sp³-hybridized carbons (Fsp3) is 0.385. The standard InChI is InChI=1S/C13H18N4/c1-9-4-5-11(8-10(9)2)13-15-12(16-17-13)6-7-14-3/h4-5,8,14H,6-7H2,1-3H3,(H,15,16,17). The van der Waals surface area contributed by atoms with Crippen LogP contribution in [-0.2, 0) is 6.42 Å². The van der Waals surface area contributed by atoms with Crippen molar-refractivity contribution >= 4 is 0 Å². The molecular formula is C13H18N4. The van der Waals surface area contributed by atoms with Crippen molar-refractivity contribution in [2.24, 2.45) is 0 Å². The number of hydrogen-bond donors (Lipinski definition) is 2. The van der Waals surface area contributed by atoms with Crippen molar-refractivity contribution in [2.45, 2.75) is 20.3 Å². The molecule has 0 aliphatic heterocycles. The maximum Gasteiger partial charge on any atom is 0.181 e. The Hall–Kier alpha value is -1.68. The smallest absolute Gasteiger partial charge is 0.181 e. The first-order chi connectivity index (χ1) is 8.20. The van der Waals surface area contributed by atoms with Gasteiger partial charge in [0.25, 0.3) is 0 Å². The minimum absolute atomic E-state index is 0.777. The summed E-state index contributed by atoms with van der Waals surface area (Å²) in [6.07, 6.45) is 0.869. The molecule has 0 bridgehead atoms. The van der Waals surface area contributed by atoms with Crippen LogP contribution in [0.2, 0.25) is 0 Å². The van der Waals surface area contributed by atoms with Crippen molar-refractivity contribution in [1.29, 1.82) is 0 Å². The summed E-state index contributed by atoms with van der Waals surface area (Å²) in [5, 5.41) is 10.3. The van der Waals surface area contributed by atoms with Crippen LogP contribution in [0.4, 0.5) is 0 Å². The van der Waals surface area contributed by atoms with Crippen LogP contribution in [0.1, 0.15) is 17.0 Å². The third-order valence-electron chi connectivity index (χ3n) is 2.91. The van der Waals surface area contributed by atoms with Gasteiger partial charge in [-0.15, -0.1) is 0 Å². The number of nitrogens with one attached hydrogen (secondary N) is 2. The van der Waals surface area contributed by atoms with Gasteiger partial charge in [0.1, 0.15) is 5.82 Å². The zero-order valence-corrected chi connectivity index (χ0v) is 10.5. The van der Waals surface area contributed by atoms with Crippen molar-refractivity contribution in [3.05, 3.63) is 35.2 Å².